The van der Waals surface area contributed by atoms with Crippen molar-refractivity contribution in [2.75, 3.05) is 13.4 Å². The highest BCUT2D eigenvalue weighted by Crippen LogP contribution is 2.28. The lowest BCUT2D eigenvalue weighted by atomic mass is 10.0. The van der Waals surface area contributed by atoms with E-state index in [-0.39, 0.29) is 10.5 Å². The molecule has 0 aromatic heterocycles. The van der Waals surface area contributed by atoms with Crippen molar-refractivity contribution in [3.63, 3.8) is 0 Å². The number of carboxylic acids is 1. The topological polar surface area (TPSA) is 80.7 Å². The first kappa shape index (κ1) is 13.5. The van der Waals surface area contributed by atoms with Gasteiger partial charge in [0.2, 0.25) is 0 Å². The van der Waals surface area contributed by atoms with Gasteiger partial charge < -0.3 is 9.84 Å². The van der Waals surface area contributed by atoms with Gasteiger partial charge in [-0.1, -0.05) is 6.07 Å². The van der Waals surface area contributed by atoms with Crippen LogP contribution in [0.25, 0.3) is 0 Å². The van der Waals surface area contributed by atoms with Gasteiger partial charge in [0.15, 0.2) is 9.84 Å². The van der Waals surface area contributed by atoms with Gasteiger partial charge in [-0.05, 0) is 24.6 Å². The second-order valence-corrected chi connectivity index (χ2v) is 5.72. The lowest BCUT2D eigenvalue weighted by molar-refractivity contribution is -0.138. The first-order chi connectivity index (χ1) is 7.77. The summed E-state index contributed by atoms with van der Waals surface area (Å²) in [5.41, 5.74) is 0.265. The van der Waals surface area contributed by atoms with Gasteiger partial charge in [0.05, 0.1) is 17.9 Å². The van der Waals surface area contributed by atoms with E-state index in [1.54, 1.807) is 6.07 Å². The molecular formula is C11H14O5S. The summed E-state index contributed by atoms with van der Waals surface area (Å²) in [6.45, 7) is 1.44. The van der Waals surface area contributed by atoms with Crippen molar-refractivity contribution in [3.8, 4) is 5.75 Å². The normalized spacial score (nSPS) is 13.1. The number of methoxy groups -OCH3 is 1. The lowest BCUT2D eigenvalue weighted by Gasteiger charge is -2.13. The molecule has 0 bridgehead atoms. The fraction of sp³-hybridized carbons (Fsp3) is 0.364. The molecule has 1 aromatic rings. The van der Waals surface area contributed by atoms with E-state index < -0.39 is 21.7 Å². The molecule has 0 saturated heterocycles. The number of aliphatic carboxylic acids is 1. The Balaban J connectivity index is 3.46. The third-order valence-electron chi connectivity index (χ3n) is 2.46. The van der Waals surface area contributed by atoms with Gasteiger partial charge in [-0.2, -0.15) is 0 Å². The maximum atomic E-state index is 11.6. The molecule has 1 unspecified atom stereocenters. The van der Waals surface area contributed by atoms with Crippen molar-refractivity contribution in [2.24, 2.45) is 0 Å². The minimum absolute atomic E-state index is 0.00764. The van der Waals surface area contributed by atoms with Crippen molar-refractivity contribution < 1.29 is 23.1 Å². The molecule has 0 heterocycles. The first-order valence-electron chi connectivity index (χ1n) is 4.88. The van der Waals surface area contributed by atoms with E-state index in [1.165, 1.54) is 26.2 Å². The molecule has 1 rings (SSSR count). The van der Waals surface area contributed by atoms with E-state index >= 15 is 0 Å². The number of hydrogen-bond donors (Lipinski definition) is 1. The number of carboxylic acid groups (broad SMARTS) is 1. The summed E-state index contributed by atoms with van der Waals surface area (Å²) in [6.07, 6.45) is 1.04. The molecule has 5 nitrogen and oxygen atoms in total. The molecular weight excluding hydrogens is 244 g/mol. The Labute approximate surface area is 100.0 Å². The fourth-order valence-electron chi connectivity index (χ4n) is 1.45. The second-order valence-electron chi connectivity index (χ2n) is 3.74. The smallest absolute Gasteiger partial charge is 0.310 e. The largest absolute Gasteiger partial charge is 0.497 e. The number of rotatable bonds is 4. The minimum atomic E-state index is -3.49. The fourth-order valence-corrected chi connectivity index (χ4v) is 2.46. The van der Waals surface area contributed by atoms with Gasteiger partial charge in [-0.15, -0.1) is 0 Å². The van der Waals surface area contributed by atoms with Crippen LogP contribution in [-0.4, -0.2) is 32.9 Å². The molecule has 0 aliphatic carbocycles. The zero-order valence-electron chi connectivity index (χ0n) is 9.80. The number of hydrogen-bond acceptors (Lipinski definition) is 4. The monoisotopic (exact) mass is 258 g/mol. The Morgan fingerprint density at radius 3 is 2.41 bits per heavy atom. The predicted octanol–water partition coefficient (Wildman–Crippen LogP) is 1.29. The summed E-state index contributed by atoms with van der Waals surface area (Å²) in [5.74, 6) is -1.57. The Morgan fingerprint density at radius 1 is 1.41 bits per heavy atom. The Hall–Kier alpha value is -1.56. The molecule has 0 aliphatic rings. The number of benzene rings is 1. The summed E-state index contributed by atoms with van der Waals surface area (Å²) in [7, 11) is -2.07. The minimum Gasteiger partial charge on any atom is -0.497 e. The van der Waals surface area contributed by atoms with Gasteiger partial charge >= 0.3 is 5.97 Å². The molecule has 17 heavy (non-hydrogen) atoms. The van der Waals surface area contributed by atoms with Crippen LogP contribution in [0.2, 0.25) is 0 Å². The van der Waals surface area contributed by atoms with Crippen LogP contribution in [0.1, 0.15) is 18.4 Å². The van der Waals surface area contributed by atoms with Gasteiger partial charge in [0.1, 0.15) is 5.75 Å². The second kappa shape index (κ2) is 4.75. The van der Waals surface area contributed by atoms with Crippen LogP contribution in [0.3, 0.4) is 0 Å². The predicted molar refractivity (Wildman–Crippen MR) is 62.2 cm³/mol. The van der Waals surface area contributed by atoms with E-state index in [0.717, 1.165) is 6.26 Å². The highest BCUT2D eigenvalue weighted by atomic mass is 32.2. The molecule has 0 saturated carbocycles. The van der Waals surface area contributed by atoms with Crippen molar-refractivity contribution in [2.45, 2.75) is 17.7 Å². The SMILES string of the molecule is COc1ccc(C(C)C(=O)O)c(S(C)(=O)=O)c1. The average molecular weight is 258 g/mol. The maximum absolute atomic E-state index is 11.6. The number of ether oxygens (including phenoxy) is 1. The molecule has 94 valence electrons. The Bertz CT molecular complexity index is 533. The van der Waals surface area contributed by atoms with E-state index in [4.69, 9.17) is 9.84 Å². The number of sulfone groups is 1. The van der Waals surface area contributed by atoms with Gasteiger partial charge in [0, 0.05) is 6.26 Å². The molecule has 0 fully saturated rings. The summed E-state index contributed by atoms with van der Waals surface area (Å²) >= 11 is 0. The first-order valence-corrected chi connectivity index (χ1v) is 6.77. The highest BCUT2D eigenvalue weighted by molar-refractivity contribution is 7.90. The van der Waals surface area contributed by atoms with E-state index in [0.29, 0.717) is 5.75 Å². The third kappa shape index (κ3) is 2.97. The van der Waals surface area contributed by atoms with Crippen molar-refractivity contribution in [1.29, 1.82) is 0 Å². The zero-order valence-corrected chi connectivity index (χ0v) is 10.6. The summed E-state index contributed by atoms with van der Waals surface area (Å²) in [4.78, 5) is 10.9. The summed E-state index contributed by atoms with van der Waals surface area (Å²) in [5, 5.41) is 8.93. The van der Waals surface area contributed by atoms with Gasteiger partial charge in [-0.3, -0.25) is 4.79 Å². The third-order valence-corrected chi connectivity index (χ3v) is 3.61. The van der Waals surface area contributed by atoms with Crippen LogP contribution in [0.4, 0.5) is 0 Å². The summed E-state index contributed by atoms with van der Waals surface area (Å²) in [6, 6.07) is 4.35. The van der Waals surface area contributed by atoms with E-state index in [2.05, 4.69) is 0 Å². The maximum Gasteiger partial charge on any atom is 0.310 e. The van der Waals surface area contributed by atoms with E-state index in [9.17, 15) is 13.2 Å². The quantitative estimate of drug-likeness (QED) is 0.880. The summed E-state index contributed by atoms with van der Waals surface area (Å²) < 4.78 is 28.1. The van der Waals surface area contributed by atoms with Crippen LogP contribution in [0.15, 0.2) is 23.1 Å². The Morgan fingerprint density at radius 2 is 2.00 bits per heavy atom. The molecule has 0 amide bonds. The zero-order chi connectivity index (χ0) is 13.2. The molecule has 1 atom stereocenters. The standard InChI is InChI=1S/C11H14O5S/c1-7(11(12)13)9-5-4-8(16-2)6-10(9)17(3,14)15/h4-7H,1-3H3,(H,12,13). The Kier molecular flexibility index (Phi) is 3.77. The van der Waals surface area contributed by atoms with Crippen LogP contribution in [0, 0.1) is 0 Å². The van der Waals surface area contributed by atoms with Crippen molar-refractivity contribution in [1.82, 2.24) is 0 Å². The van der Waals surface area contributed by atoms with Crippen LogP contribution >= 0.6 is 0 Å². The van der Waals surface area contributed by atoms with Gasteiger partial charge in [0.25, 0.3) is 0 Å². The van der Waals surface area contributed by atoms with E-state index in [1.807, 2.05) is 0 Å². The van der Waals surface area contributed by atoms with Crippen LogP contribution in [-0.2, 0) is 14.6 Å². The molecule has 0 spiro atoms. The molecule has 0 radical (unpaired) electrons. The lowest BCUT2D eigenvalue weighted by Crippen LogP contribution is -2.12. The van der Waals surface area contributed by atoms with Crippen LogP contribution in [0.5, 0.6) is 5.75 Å². The molecule has 0 aliphatic heterocycles. The van der Waals surface area contributed by atoms with Crippen molar-refractivity contribution in [3.05, 3.63) is 23.8 Å². The molecule has 1 N–H and O–H groups in total. The van der Waals surface area contributed by atoms with Crippen LogP contribution < -0.4 is 4.74 Å². The van der Waals surface area contributed by atoms with Crippen molar-refractivity contribution >= 4 is 15.8 Å². The highest BCUT2D eigenvalue weighted by Gasteiger charge is 2.22. The average Bonchev–Trinajstić information content (AvgIpc) is 2.26. The van der Waals surface area contributed by atoms with Gasteiger partial charge in [-0.25, -0.2) is 8.42 Å². The molecule has 6 heteroatoms. The number of carbonyl (C=O) groups is 1. The molecule has 1 aromatic carbocycles.